The van der Waals surface area contributed by atoms with Gasteiger partial charge < -0.3 is 25.4 Å². The number of aliphatic imine (C=N–C) groups is 1. The van der Waals surface area contributed by atoms with Gasteiger partial charge in [-0.1, -0.05) is 72.8 Å². The van der Waals surface area contributed by atoms with Crippen molar-refractivity contribution < 1.29 is 19.8 Å². The number of phenolic OH excluding ortho intramolecular Hbond substituents is 2. The summed E-state index contributed by atoms with van der Waals surface area (Å²) < 4.78 is 0. The van der Waals surface area contributed by atoms with E-state index in [-0.39, 0.29) is 23.9 Å². The number of amidine groups is 1. The lowest BCUT2D eigenvalue weighted by atomic mass is 9.97. The highest BCUT2D eigenvalue weighted by atomic mass is 16.3. The maximum absolute atomic E-state index is 14.0. The largest absolute Gasteiger partial charge is 0.504 e. The number of carbonyl (C=O) groups is 2. The SMILES string of the molecule is O=C(NC1=NC(c2ccccc2)c2ccccc2N(Cc2ccc(O)c(O)c2)C1=O)c1cc2ccccc2[nH]1. The van der Waals surface area contributed by atoms with Crippen LogP contribution in [0.3, 0.4) is 0 Å². The van der Waals surface area contributed by atoms with Crippen molar-refractivity contribution in [1.29, 1.82) is 0 Å². The van der Waals surface area contributed by atoms with Gasteiger partial charge in [0.15, 0.2) is 17.3 Å². The number of fused-ring (bicyclic) bond motifs is 2. The minimum Gasteiger partial charge on any atom is -0.504 e. The lowest BCUT2D eigenvalue weighted by molar-refractivity contribution is -0.112. The van der Waals surface area contributed by atoms with Crippen LogP contribution in [0.1, 0.15) is 33.2 Å². The molecule has 8 heteroatoms. The zero-order valence-corrected chi connectivity index (χ0v) is 20.7. The number of phenols is 2. The number of aromatic hydroxyl groups is 2. The van der Waals surface area contributed by atoms with Crippen molar-refractivity contribution in [3.63, 3.8) is 0 Å². The van der Waals surface area contributed by atoms with Crippen molar-refractivity contribution in [2.75, 3.05) is 4.90 Å². The molecule has 4 aromatic carbocycles. The van der Waals surface area contributed by atoms with Crippen molar-refractivity contribution in [2.24, 2.45) is 4.99 Å². The highest BCUT2D eigenvalue weighted by Gasteiger charge is 2.32. The first-order chi connectivity index (χ1) is 19.0. The molecule has 0 saturated heterocycles. The zero-order chi connectivity index (χ0) is 26.9. The van der Waals surface area contributed by atoms with Gasteiger partial charge in [0.1, 0.15) is 11.7 Å². The van der Waals surface area contributed by atoms with Gasteiger partial charge in [0.05, 0.1) is 12.2 Å². The molecule has 1 unspecified atom stereocenters. The molecule has 6 rings (SSSR count). The van der Waals surface area contributed by atoms with Crippen LogP contribution in [0.25, 0.3) is 10.9 Å². The summed E-state index contributed by atoms with van der Waals surface area (Å²) in [6.45, 7) is 0.0759. The average Bonchev–Trinajstić information content (AvgIpc) is 3.36. The molecular weight excluding hydrogens is 492 g/mol. The van der Waals surface area contributed by atoms with Crippen LogP contribution in [0.5, 0.6) is 11.5 Å². The lowest BCUT2D eigenvalue weighted by Crippen LogP contribution is -2.44. The number of aromatic amines is 1. The van der Waals surface area contributed by atoms with E-state index in [4.69, 9.17) is 4.99 Å². The van der Waals surface area contributed by atoms with Crippen LogP contribution in [-0.2, 0) is 11.3 Å². The molecule has 4 N–H and O–H groups in total. The van der Waals surface area contributed by atoms with Crippen molar-refractivity contribution in [3.05, 3.63) is 126 Å². The number of nitrogens with one attached hydrogen (secondary N) is 2. The Hall–Kier alpha value is -5.37. The number of hydrogen-bond acceptors (Lipinski definition) is 5. The Morgan fingerprint density at radius 1 is 0.872 bits per heavy atom. The summed E-state index contributed by atoms with van der Waals surface area (Å²) in [5, 5.41) is 23.5. The number of anilines is 1. The molecule has 2 heterocycles. The second kappa shape index (κ2) is 9.83. The van der Waals surface area contributed by atoms with Crippen LogP contribution in [-0.4, -0.2) is 32.8 Å². The van der Waals surface area contributed by atoms with E-state index in [1.165, 1.54) is 17.0 Å². The number of aromatic nitrogens is 1. The number of rotatable bonds is 4. The highest BCUT2D eigenvalue weighted by molar-refractivity contribution is 6.45. The maximum atomic E-state index is 14.0. The Balaban J connectivity index is 1.44. The van der Waals surface area contributed by atoms with Gasteiger partial charge in [0.2, 0.25) is 0 Å². The molecule has 1 atom stereocenters. The number of hydrogen-bond donors (Lipinski definition) is 4. The van der Waals surface area contributed by atoms with Gasteiger partial charge in [-0.05, 0) is 41.5 Å². The van der Waals surface area contributed by atoms with E-state index in [2.05, 4.69) is 10.3 Å². The van der Waals surface area contributed by atoms with E-state index in [1.807, 2.05) is 78.9 Å². The summed E-state index contributed by atoms with van der Waals surface area (Å²) >= 11 is 0. The van der Waals surface area contributed by atoms with Crippen LogP contribution < -0.4 is 10.2 Å². The summed E-state index contributed by atoms with van der Waals surface area (Å²) in [5.74, 6) is -1.63. The van der Waals surface area contributed by atoms with Crippen LogP contribution in [0.2, 0.25) is 0 Å². The van der Waals surface area contributed by atoms with Gasteiger partial charge in [0, 0.05) is 16.5 Å². The van der Waals surface area contributed by atoms with Crippen molar-refractivity contribution in [1.82, 2.24) is 10.3 Å². The fourth-order valence-electron chi connectivity index (χ4n) is 4.81. The predicted octanol–water partition coefficient (Wildman–Crippen LogP) is 5.04. The molecule has 0 aliphatic carbocycles. The second-order valence-electron chi connectivity index (χ2n) is 9.29. The topological polar surface area (TPSA) is 118 Å². The van der Waals surface area contributed by atoms with E-state index < -0.39 is 17.9 Å². The Kier molecular flexibility index (Phi) is 6.05. The van der Waals surface area contributed by atoms with E-state index >= 15 is 0 Å². The van der Waals surface area contributed by atoms with Gasteiger partial charge in [-0.2, -0.15) is 0 Å². The lowest BCUT2D eigenvalue weighted by Gasteiger charge is -2.24. The third-order valence-electron chi connectivity index (χ3n) is 6.73. The standard InChI is InChI=1S/C31H24N4O4/c36-26-15-14-19(16-27(26)37)18-35-25-13-7-5-11-22(25)28(20-8-2-1-3-9-20)33-29(31(35)39)34-30(38)24-17-21-10-4-6-12-23(21)32-24/h1-17,28,32,36-37H,18H2,(H,33,34,38). The molecular formula is C31H24N4O4. The fourth-order valence-corrected chi connectivity index (χ4v) is 4.81. The first-order valence-corrected chi connectivity index (χ1v) is 12.4. The average molecular weight is 517 g/mol. The van der Waals surface area contributed by atoms with Crippen LogP contribution in [0.4, 0.5) is 5.69 Å². The molecule has 5 aromatic rings. The number of nitrogens with zero attached hydrogens (tertiary/aromatic N) is 2. The Labute approximate surface area is 223 Å². The number of carbonyl (C=O) groups excluding carboxylic acids is 2. The molecule has 0 radical (unpaired) electrons. The van der Waals surface area contributed by atoms with E-state index in [0.29, 0.717) is 16.9 Å². The second-order valence-corrected chi connectivity index (χ2v) is 9.29. The minimum atomic E-state index is -0.553. The maximum Gasteiger partial charge on any atom is 0.294 e. The zero-order valence-electron chi connectivity index (χ0n) is 20.7. The monoisotopic (exact) mass is 516 g/mol. The third kappa shape index (κ3) is 4.59. The first-order valence-electron chi connectivity index (χ1n) is 12.4. The molecule has 0 fully saturated rings. The number of para-hydroxylation sites is 2. The van der Waals surface area contributed by atoms with Crippen LogP contribution >= 0.6 is 0 Å². The van der Waals surface area contributed by atoms with Gasteiger partial charge in [-0.15, -0.1) is 0 Å². The predicted molar refractivity (Wildman–Crippen MR) is 149 cm³/mol. The van der Waals surface area contributed by atoms with E-state index in [9.17, 15) is 19.8 Å². The Bertz CT molecular complexity index is 1710. The van der Waals surface area contributed by atoms with Crippen molar-refractivity contribution in [3.8, 4) is 11.5 Å². The van der Waals surface area contributed by atoms with Crippen LogP contribution in [0, 0.1) is 0 Å². The highest BCUT2D eigenvalue weighted by Crippen LogP contribution is 2.37. The van der Waals surface area contributed by atoms with Gasteiger partial charge in [-0.25, -0.2) is 0 Å². The molecule has 1 aliphatic heterocycles. The summed E-state index contributed by atoms with van der Waals surface area (Å²) in [5.41, 5.74) is 3.98. The summed E-state index contributed by atoms with van der Waals surface area (Å²) in [4.78, 5) is 36.8. The molecule has 1 aromatic heterocycles. The molecule has 2 amide bonds. The molecule has 1 aliphatic rings. The molecule has 0 bridgehead atoms. The van der Waals surface area contributed by atoms with Gasteiger partial charge in [0.25, 0.3) is 11.8 Å². The van der Waals surface area contributed by atoms with Crippen LogP contribution in [0.15, 0.2) is 108 Å². The molecule has 192 valence electrons. The summed E-state index contributed by atoms with van der Waals surface area (Å²) in [7, 11) is 0. The smallest absolute Gasteiger partial charge is 0.294 e. The fraction of sp³-hybridized carbons (Fsp3) is 0.0645. The number of H-pyrrole nitrogens is 1. The minimum absolute atomic E-state index is 0.0759. The van der Waals surface area contributed by atoms with E-state index in [1.54, 1.807) is 12.1 Å². The molecule has 0 spiro atoms. The third-order valence-corrected chi connectivity index (χ3v) is 6.73. The van der Waals surface area contributed by atoms with Gasteiger partial charge >= 0.3 is 0 Å². The number of amides is 2. The molecule has 0 saturated carbocycles. The normalized spacial score (nSPS) is 15.0. The van der Waals surface area contributed by atoms with Gasteiger partial charge in [-0.3, -0.25) is 14.6 Å². The summed E-state index contributed by atoms with van der Waals surface area (Å²) in [6.07, 6.45) is 0. The molecule has 8 nitrogen and oxygen atoms in total. The van der Waals surface area contributed by atoms with Crippen molar-refractivity contribution in [2.45, 2.75) is 12.6 Å². The van der Waals surface area contributed by atoms with Crippen molar-refractivity contribution >= 4 is 34.2 Å². The van der Waals surface area contributed by atoms with E-state index in [0.717, 1.165) is 22.0 Å². The Morgan fingerprint density at radius 3 is 2.41 bits per heavy atom. The summed E-state index contributed by atoms with van der Waals surface area (Å²) in [6, 6.07) is 30.2. The number of benzene rings is 4. The molecule has 39 heavy (non-hydrogen) atoms. The first kappa shape index (κ1) is 24.0. The Morgan fingerprint density at radius 2 is 1.62 bits per heavy atom. The quantitative estimate of drug-likeness (QED) is 0.250.